The Kier molecular flexibility index (Phi) is 5.68. The second-order valence-electron chi connectivity index (χ2n) is 7.20. The quantitative estimate of drug-likeness (QED) is 0.751. The van der Waals surface area contributed by atoms with Gasteiger partial charge in [0.2, 0.25) is 11.8 Å². The largest absolute Gasteiger partial charge is 0.495 e. The van der Waals surface area contributed by atoms with Gasteiger partial charge in [-0.25, -0.2) is 0 Å². The highest BCUT2D eigenvalue weighted by atomic mass is 16.5. The molecule has 2 fully saturated rings. The van der Waals surface area contributed by atoms with E-state index in [0.29, 0.717) is 43.9 Å². The zero-order valence-corrected chi connectivity index (χ0v) is 16.1. The molecule has 2 saturated heterocycles. The summed E-state index contributed by atoms with van der Waals surface area (Å²) in [6.07, 6.45) is 1.41. The molecule has 146 valence electrons. The van der Waals surface area contributed by atoms with E-state index >= 15 is 0 Å². The third-order valence-electron chi connectivity index (χ3n) is 5.44. The summed E-state index contributed by atoms with van der Waals surface area (Å²) in [6, 6.07) is 5.67. The molecule has 7 nitrogen and oxygen atoms in total. The van der Waals surface area contributed by atoms with Crippen LogP contribution in [0.15, 0.2) is 18.2 Å². The maximum absolute atomic E-state index is 12.9. The molecule has 0 aromatic heterocycles. The predicted octanol–water partition coefficient (Wildman–Crippen LogP) is 1.77. The minimum Gasteiger partial charge on any atom is -0.495 e. The zero-order valence-electron chi connectivity index (χ0n) is 16.1. The summed E-state index contributed by atoms with van der Waals surface area (Å²) < 4.78 is 10.2. The second-order valence-corrected chi connectivity index (χ2v) is 7.20. The van der Waals surface area contributed by atoms with Gasteiger partial charge in [0.1, 0.15) is 5.75 Å². The number of rotatable bonds is 4. The van der Waals surface area contributed by atoms with Crippen LogP contribution in [0.3, 0.4) is 0 Å². The van der Waals surface area contributed by atoms with E-state index in [1.54, 1.807) is 16.9 Å². The minimum absolute atomic E-state index is 0.0132. The number of hydrogen-bond donors (Lipinski definition) is 0. The van der Waals surface area contributed by atoms with E-state index in [0.717, 1.165) is 5.56 Å². The van der Waals surface area contributed by atoms with Crippen molar-refractivity contribution in [2.24, 2.45) is 11.8 Å². The van der Waals surface area contributed by atoms with Gasteiger partial charge in [-0.3, -0.25) is 14.4 Å². The van der Waals surface area contributed by atoms with Gasteiger partial charge in [-0.2, -0.15) is 0 Å². The Balaban J connectivity index is 1.67. The molecule has 0 radical (unpaired) electrons. The van der Waals surface area contributed by atoms with Gasteiger partial charge in [0.15, 0.2) is 0 Å². The van der Waals surface area contributed by atoms with Crippen molar-refractivity contribution in [2.45, 2.75) is 26.2 Å². The van der Waals surface area contributed by atoms with E-state index in [9.17, 15) is 14.4 Å². The molecule has 0 spiro atoms. The molecule has 0 aliphatic carbocycles. The highest BCUT2D eigenvalue weighted by molar-refractivity contribution is 6.01. The van der Waals surface area contributed by atoms with Crippen LogP contribution >= 0.6 is 0 Å². The van der Waals surface area contributed by atoms with Crippen molar-refractivity contribution < 1.29 is 23.9 Å². The first-order valence-electron chi connectivity index (χ1n) is 9.26. The van der Waals surface area contributed by atoms with Crippen LogP contribution in [0.5, 0.6) is 5.75 Å². The average molecular weight is 374 g/mol. The summed E-state index contributed by atoms with van der Waals surface area (Å²) in [6.45, 7) is 3.36. The molecular weight excluding hydrogens is 348 g/mol. The lowest BCUT2D eigenvalue weighted by Crippen LogP contribution is -2.43. The fraction of sp³-hybridized carbons (Fsp3) is 0.550. The molecule has 1 atom stereocenters. The Bertz CT molecular complexity index is 740. The lowest BCUT2D eigenvalue weighted by Gasteiger charge is -2.32. The molecule has 0 N–H and O–H groups in total. The number of ether oxygens (including phenoxy) is 2. The fourth-order valence-electron chi connectivity index (χ4n) is 3.88. The van der Waals surface area contributed by atoms with Gasteiger partial charge in [0, 0.05) is 26.1 Å². The number of methoxy groups -OCH3 is 2. The summed E-state index contributed by atoms with van der Waals surface area (Å²) in [5, 5.41) is 0. The van der Waals surface area contributed by atoms with Gasteiger partial charge in [0.25, 0.3) is 0 Å². The molecule has 1 unspecified atom stereocenters. The highest BCUT2D eigenvalue weighted by Crippen LogP contribution is 2.34. The molecule has 1 aromatic carbocycles. The topological polar surface area (TPSA) is 76.2 Å². The number of esters is 1. The number of nitrogens with zero attached hydrogens (tertiary/aromatic N) is 2. The predicted molar refractivity (Wildman–Crippen MR) is 99.5 cm³/mol. The second kappa shape index (κ2) is 7.98. The maximum Gasteiger partial charge on any atom is 0.308 e. The highest BCUT2D eigenvalue weighted by Gasteiger charge is 2.39. The zero-order chi connectivity index (χ0) is 19.6. The van der Waals surface area contributed by atoms with Crippen LogP contribution in [0.2, 0.25) is 0 Å². The average Bonchev–Trinajstić information content (AvgIpc) is 3.08. The van der Waals surface area contributed by atoms with Crippen molar-refractivity contribution >= 4 is 23.5 Å². The Morgan fingerprint density at radius 1 is 1.11 bits per heavy atom. The summed E-state index contributed by atoms with van der Waals surface area (Å²) in [4.78, 5) is 40.5. The maximum atomic E-state index is 12.9. The van der Waals surface area contributed by atoms with E-state index in [-0.39, 0.29) is 36.0 Å². The molecule has 2 aliphatic heterocycles. The van der Waals surface area contributed by atoms with Crippen molar-refractivity contribution in [3.8, 4) is 5.75 Å². The fourth-order valence-corrected chi connectivity index (χ4v) is 3.88. The Morgan fingerprint density at radius 3 is 2.44 bits per heavy atom. The van der Waals surface area contributed by atoms with Crippen molar-refractivity contribution in [3.63, 3.8) is 0 Å². The van der Waals surface area contributed by atoms with Crippen LogP contribution in [0.1, 0.15) is 24.8 Å². The first kappa shape index (κ1) is 19.2. The number of likely N-dealkylation sites (tertiary alicyclic amines) is 1. The number of aryl methyl sites for hydroxylation is 1. The molecule has 2 amide bonds. The molecule has 27 heavy (non-hydrogen) atoms. The Labute approximate surface area is 159 Å². The molecule has 7 heteroatoms. The van der Waals surface area contributed by atoms with Crippen LogP contribution < -0.4 is 9.64 Å². The molecular formula is C20H26N2O5. The third-order valence-corrected chi connectivity index (χ3v) is 5.44. The molecule has 0 bridgehead atoms. The van der Waals surface area contributed by atoms with Gasteiger partial charge in [-0.15, -0.1) is 0 Å². The number of piperidine rings is 1. The van der Waals surface area contributed by atoms with Gasteiger partial charge in [0.05, 0.1) is 31.7 Å². The van der Waals surface area contributed by atoms with Crippen LogP contribution in [0.25, 0.3) is 0 Å². The first-order valence-corrected chi connectivity index (χ1v) is 9.26. The van der Waals surface area contributed by atoms with Crippen molar-refractivity contribution in [1.82, 2.24) is 4.90 Å². The number of anilines is 1. The number of hydrogen-bond acceptors (Lipinski definition) is 5. The summed E-state index contributed by atoms with van der Waals surface area (Å²) in [7, 11) is 2.96. The van der Waals surface area contributed by atoms with Crippen molar-refractivity contribution in [1.29, 1.82) is 0 Å². The number of carbonyl (C=O) groups excluding carboxylic acids is 3. The van der Waals surface area contributed by atoms with Gasteiger partial charge >= 0.3 is 5.97 Å². The molecule has 0 saturated carbocycles. The van der Waals surface area contributed by atoms with E-state index in [1.165, 1.54) is 7.11 Å². The molecule has 2 aliphatic rings. The molecule has 2 heterocycles. The molecule has 3 rings (SSSR count). The van der Waals surface area contributed by atoms with E-state index < -0.39 is 0 Å². The van der Waals surface area contributed by atoms with Crippen LogP contribution in [0, 0.1) is 18.8 Å². The van der Waals surface area contributed by atoms with Gasteiger partial charge in [-0.1, -0.05) is 6.07 Å². The lowest BCUT2D eigenvalue weighted by atomic mass is 9.95. The molecule has 1 aromatic rings. The van der Waals surface area contributed by atoms with Gasteiger partial charge in [-0.05, 0) is 37.5 Å². The van der Waals surface area contributed by atoms with Crippen LogP contribution in [-0.2, 0) is 19.1 Å². The number of carbonyl (C=O) groups is 3. The third kappa shape index (κ3) is 3.91. The monoisotopic (exact) mass is 374 g/mol. The van der Waals surface area contributed by atoms with E-state index in [4.69, 9.17) is 9.47 Å². The first-order chi connectivity index (χ1) is 12.9. The van der Waals surface area contributed by atoms with E-state index in [2.05, 4.69) is 0 Å². The normalized spacial score (nSPS) is 20.7. The lowest BCUT2D eigenvalue weighted by molar-refractivity contribution is -0.149. The Hall–Kier alpha value is -2.57. The van der Waals surface area contributed by atoms with Crippen LogP contribution in [0.4, 0.5) is 5.69 Å². The van der Waals surface area contributed by atoms with E-state index in [1.807, 2.05) is 25.1 Å². The number of benzene rings is 1. The van der Waals surface area contributed by atoms with Crippen molar-refractivity contribution in [3.05, 3.63) is 23.8 Å². The minimum atomic E-state index is -0.364. The SMILES string of the molecule is COC(=O)C1CCN(C(=O)C2CC(=O)N(c3cc(C)ccc3OC)C2)CC1. The van der Waals surface area contributed by atoms with Crippen molar-refractivity contribution in [2.75, 3.05) is 38.8 Å². The standard InChI is InChI=1S/C20H26N2O5/c1-13-4-5-17(26-2)16(10-13)22-12-15(11-18(22)23)19(24)21-8-6-14(7-9-21)20(25)27-3/h4-5,10,14-15H,6-9,11-12H2,1-3H3. The smallest absolute Gasteiger partial charge is 0.308 e. The number of amides is 2. The van der Waals surface area contributed by atoms with Gasteiger partial charge < -0.3 is 19.3 Å². The summed E-state index contributed by atoms with van der Waals surface area (Å²) >= 11 is 0. The summed E-state index contributed by atoms with van der Waals surface area (Å²) in [5.41, 5.74) is 1.74. The van der Waals surface area contributed by atoms with Crippen LogP contribution in [-0.4, -0.2) is 56.5 Å². The summed E-state index contributed by atoms with van der Waals surface area (Å²) in [5.74, 6) is -0.172. The Morgan fingerprint density at radius 2 is 1.81 bits per heavy atom.